The number of nitro groups is 1. The number of hydrogen-bond acceptors (Lipinski definition) is 10. The topological polar surface area (TPSA) is 154 Å². The average molecular weight is 429 g/mol. The SMILES string of the molecule is CCOC(=O)CN(Cc1cccc(CN2CCCC2)c1)c1nc(N)nc(N)c1[N+](=O)[O-]. The fourth-order valence-electron chi connectivity index (χ4n) is 3.69. The summed E-state index contributed by atoms with van der Waals surface area (Å²) in [5.74, 6) is -1.23. The molecule has 1 aromatic carbocycles. The predicted molar refractivity (Wildman–Crippen MR) is 116 cm³/mol. The zero-order chi connectivity index (χ0) is 22.4. The summed E-state index contributed by atoms with van der Waals surface area (Å²) in [6.45, 7) is 4.79. The Morgan fingerprint density at radius 2 is 1.97 bits per heavy atom. The molecule has 0 aliphatic carbocycles. The Bertz CT molecular complexity index is 947. The summed E-state index contributed by atoms with van der Waals surface area (Å²) in [5.41, 5.74) is 12.9. The monoisotopic (exact) mass is 429 g/mol. The summed E-state index contributed by atoms with van der Waals surface area (Å²) in [5, 5.41) is 11.6. The fraction of sp³-hybridized carbons (Fsp3) is 0.450. The molecule has 0 spiro atoms. The van der Waals surface area contributed by atoms with Crippen molar-refractivity contribution >= 4 is 29.2 Å². The molecule has 11 heteroatoms. The van der Waals surface area contributed by atoms with Gasteiger partial charge in [0.25, 0.3) is 0 Å². The number of esters is 1. The maximum Gasteiger partial charge on any atom is 0.353 e. The first-order valence-corrected chi connectivity index (χ1v) is 10.2. The third kappa shape index (κ3) is 5.79. The summed E-state index contributed by atoms with van der Waals surface area (Å²) in [7, 11) is 0. The summed E-state index contributed by atoms with van der Waals surface area (Å²) in [6, 6.07) is 7.89. The molecule has 1 aliphatic rings. The van der Waals surface area contributed by atoms with Crippen LogP contribution < -0.4 is 16.4 Å². The highest BCUT2D eigenvalue weighted by molar-refractivity contribution is 5.79. The van der Waals surface area contributed by atoms with Crippen LogP contribution in [0.1, 0.15) is 30.9 Å². The number of nitrogens with two attached hydrogens (primary N) is 2. The van der Waals surface area contributed by atoms with Gasteiger partial charge in [0.1, 0.15) is 6.54 Å². The quantitative estimate of drug-likeness (QED) is 0.342. The first-order valence-electron chi connectivity index (χ1n) is 10.2. The van der Waals surface area contributed by atoms with Crippen LogP contribution in [0.15, 0.2) is 24.3 Å². The van der Waals surface area contributed by atoms with Crippen LogP contribution in [-0.4, -0.2) is 52.0 Å². The van der Waals surface area contributed by atoms with E-state index in [1.165, 1.54) is 17.7 Å². The average Bonchev–Trinajstić information content (AvgIpc) is 3.20. The molecule has 2 heterocycles. The molecule has 1 aliphatic heterocycles. The van der Waals surface area contributed by atoms with Crippen molar-refractivity contribution in [2.24, 2.45) is 0 Å². The Morgan fingerprint density at radius 3 is 2.65 bits per heavy atom. The Balaban J connectivity index is 1.92. The minimum absolute atomic E-state index is 0.118. The molecule has 1 fully saturated rings. The lowest BCUT2D eigenvalue weighted by atomic mass is 10.1. The lowest BCUT2D eigenvalue weighted by molar-refractivity contribution is -0.383. The van der Waals surface area contributed by atoms with E-state index in [1.807, 2.05) is 24.3 Å². The number of anilines is 3. The Morgan fingerprint density at radius 1 is 1.26 bits per heavy atom. The smallest absolute Gasteiger partial charge is 0.353 e. The largest absolute Gasteiger partial charge is 0.465 e. The standard InChI is InChI=1S/C20H27N7O4/c1-2-31-16(28)13-26(19-17(27(29)30)18(21)23-20(22)24-19)12-15-7-5-6-14(10-15)11-25-8-3-4-9-25/h5-7,10H,2-4,8-9,11-13H2,1H3,(H4,21,22,23,24). The van der Waals surface area contributed by atoms with Gasteiger partial charge in [-0.1, -0.05) is 24.3 Å². The Kier molecular flexibility index (Phi) is 7.19. The van der Waals surface area contributed by atoms with Gasteiger partial charge < -0.3 is 21.1 Å². The van der Waals surface area contributed by atoms with E-state index in [1.54, 1.807) is 6.92 Å². The molecule has 0 bridgehead atoms. The number of carbonyl (C=O) groups is 1. The second kappa shape index (κ2) is 10.0. The zero-order valence-electron chi connectivity index (χ0n) is 17.5. The fourth-order valence-corrected chi connectivity index (χ4v) is 3.69. The lowest BCUT2D eigenvalue weighted by Crippen LogP contribution is -2.32. The normalized spacial score (nSPS) is 13.8. The van der Waals surface area contributed by atoms with Gasteiger partial charge in [-0.25, -0.2) is 0 Å². The van der Waals surface area contributed by atoms with Crippen LogP contribution in [0.4, 0.5) is 23.3 Å². The third-order valence-electron chi connectivity index (χ3n) is 4.99. The van der Waals surface area contributed by atoms with Crippen LogP contribution in [0.2, 0.25) is 0 Å². The summed E-state index contributed by atoms with van der Waals surface area (Å²) < 4.78 is 5.04. The minimum Gasteiger partial charge on any atom is -0.465 e. The number of aromatic nitrogens is 2. The van der Waals surface area contributed by atoms with Crippen molar-refractivity contribution in [1.82, 2.24) is 14.9 Å². The number of ether oxygens (including phenoxy) is 1. The van der Waals surface area contributed by atoms with Crippen LogP contribution in [-0.2, 0) is 22.6 Å². The van der Waals surface area contributed by atoms with E-state index in [2.05, 4.69) is 14.9 Å². The molecule has 4 N–H and O–H groups in total. The predicted octanol–water partition coefficient (Wildman–Crippen LogP) is 1.71. The minimum atomic E-state index is -0.675. The molecule has 11 nitrogen and oxygen atoms in total. The van der Waals surface area contributed by atoms with Gasteiger partial charge in [0, 0.05) is 13.1 Å². The van der Waals surface area contributed by atoms with Crippen LogP contribution >= 0.6 is 0 Å². The number of likely N-dealkylation sites (tertiary alicyclic amines) is 1. The van der Waals surface area contributed by atoms with Gasteiger partial charge in [-0.2, -0.15) is 9.97 Å². The van der Waals surface area contributed by atoms with Gasteiger partial charge in [0.15, 0.2) is 0 Å². The second-order valence-electron chi connectivity index (χ2n) is 7.36. The van der Waals surface area contributed by atoms with Crippen molar-refractivity contribution in [2.75, 3.05) is 42.6 Å². The first-order chi connectivity index (χ1) is 14.9. The highest BCUT2D eigenvalue weighted by Crippen LogP contribution is 2.32. The molecule has 0 atom stereocenters. The van der Waals surface area contributed by atoms with E-state index in [-0.39, 0.29) is 37.3 Å². The summed E-state index contributed by atoms with van der Waals surface area (Å²) >= 11 is 0. The second-order valence-corrected chi connectivity index (χ2v) is 7.36. The van der Waals surface area contributed by atoms with Crippen LogP contribution in [0, 0.1) is 10.1 Å². The van der Waals surface area contributed by atoms with Gasteiger partial charge >= 0.3 is 11.7 Å². The molecular weight excluding hydrogens is 402 g/mol. The highest BCUT2D eigenvalue weighted by atomic mass is 16.6. The van der Waals surface area contributed by atoms with Gasteiger partial charge in [0.05, 0.1) is 11.5 Å². The molecule has 0 radical (unpaired) electrons. The van der Waals surface area contributed by atoms with E-state index >= 15 is 0 Å². The lowest BCUT2D eigenvalue weighted by Gasteiger charge is -2.23. The Hall–Kier alpha value is -3.47. The molecule has 2 aromatic rings. The van der Waals surface area contributed by atoms with Gasteiger partial charge in [-0.3, -0.25) is 19.8 Å². The molecule has 0 saturated carbocycles. The number of nitrogen functional groups attached to an aromatic ring is 2. The molecule has 3 rings (SSSR count). The van der Waals surface area contributed by atoms with Crippen LogP contribution in [0.3, 0.4) is 0 Å². The van der Waals surface area contributed by atoms with E-state index in [4.69, 9.17) is 16.2 Å². The van der Waals surface area contributed by atoms with Gasteiger partial charge in [-0.05, 0) is 44.0 Å². The third-order valence-corrected chi connectivity index (χ3v) is 4.99. The van der Waals surface area contributed by atoms with E-state index in [9.17, 15) is 14.9 Å². The summed E-state index contributed by atoms with van der Waals surface area (Å²) in [6.07, 6.45) is 2.40. The van der Waals surface area contributed by atoms with Crippen LogP contribution in [0.25, 0.3) is 0 Å². The highest BCUT2D eigenvalue weighted by Gasteiger charge is 2.28. The van der Waals surface area contributed by atoms with Crippen molar-refractivity contribution in [1.29, 1.82) is 0 Å². The molecule has 1 aromatic heterocycles. The molecular formula is C20H27N7O4. The maximum absolute atomic E-state index is 12.2. The maximum atomic E-state index is 12.2. The first kappa shape index (κ1) is 22.2. The van der Waals surface area contributed by atoms with Crippen molar-refractivity contribution in [3.63, 3.8) is 0 Å². The molecule has 1 saturated heterocycles. The van der Waals surface area contributed by atoms with Gasteiger partial charge in [-0.15, -0.1) is 0 Å². The molecule has 0 unspecified atom stereocenters. The Labute approximate surface area is 180 Å². The van der Waals surface area contributed by atoms with Crippen molar-refractivity contribution in [3.8, 4) is 0 Å². The van der Waals surface area contributed by atoms with E-state index < -0.39 is 16.6 Å². The molecule has 31 heavy (non-hydrogen) atoms. The van der Waals surface area contributed by atoms with Gasteiger partial charge in [0.2, 0.25) is 17.6 Å². The van der Waals surface area contributed by atoms with Crippen molar-refractivity contribution in [3.05, 3.63) is 45.5 Å². The number of benzene rings is 1. The van der Waals surface area contributed by atoms with E-state index in [0.717, 1.165) is 30.8 Å². The van der Waals surface area contributed by atoms with E-state index in [0.29, 0.717) is 0 Å². The number of nitrogens with zero attached hydrogens (tertiary/aromatic N) is 5. The van der Waals surface area contributed by atoms with Crippen molar-refractivity contribution < 1.29 is 14.5 Å². The summed E-state index contributed by atoms with van der Waals surface area (Å²) in [4.78, 5) is 34.7. The van der Waals surface area contributed by atoms with Crippen LogP contribution in [0.5, 0.6) is 0 Å². The zero-order valence-corrected chi connectivity index (χ0v) is 17.5. The number of carbonyl (C=O) groups excluding carboxylic acids is 1. The number of rotatable bonds is 9. The van der Waals surface area contributed by atoms with Crippen molar-refractivity contribution in [2.45, 2.75) is 32.9 Å². The molecule has 0 amide bonds. The number of hydrogen-bond donors (Lipinski definition) is 2. The molecule has 166 valence electrons.